The summed E-state index contributed by atoms with van der Waals surface area (Å²) in [6, 6.07) is 5.50. The molecule has 0 bridgehead atoms. The number of nitrogens with zero attached hydrogens (tertiary/aromatic N) is 2. The molecule has 1 atom stereocenters. The van der Waals surface area contributed by atoms with E-state index >= 15 is 0 Å². The fraction of sp³-hybridized carbons (Fsp3) is 0.391. The van der Waals surface area contributed by atoms with Crippen LogP contribution in [0.15, 0.2) is 32.9 Å². The molecule has 1 amide bonds. The summed E-state index contributed by atoms with van der Waals surface area (Å²) in [7, 11) is 0. The van der Waals surface area contributed by atoms with Gasteiger partial charge in [0.2, 0.25) is 5.91 Å². The second kappa shape index (κ2) is 7.09. The van der Waals surface area contributed by atoms with E-state index in [1.165, 1.54) is 0 Å². The quantitative estimate of drug-likeness (QED) is 0.618. The van der Waals surface area contributed by atoms with Gasteiger partial charge in [-0.1, -0.05) is 17.8 Å². The monoisotopic (exact) mass is 434 g/mol. The van der Waals surface area contributed by atoms with E-state index in [2.05, 4.69) is 15.3 Å². The van der Waals surface area contributed by atoms with Crippen LogP contribution < -0.4 is 16.4 Å². The maximum atomic E-state index is 12.9. The van der Waals surface area contributed by atoms with Gasteiger partial charge >= 0.3 is 0 Å². The normalized spacial score (nSPS) is 18.8. The predicted molar refractivity (Wildman–Crippen MR) is 120 cm³/mol. The van der Waals surface area contributed by atoms with Crippen LogP contribution >= 0.6 is 11.8 Å². The standard InChI is InChI=1S/C23H22N4O3S/c28-20(10-13-11-31-23-26-18-6-2-5-17(18)22(30)27(13)23)24-12-7-8-15-14-3-1-4-16(14)21(29)25-19(15)9-12/h7-9,13H,1-6,10-11H2,(H,24,28)(H,25,29). The highest BCUT2D eigenvalue weighted by atomic mass is 32.2. The van der Waals surface area contributed by atoms with Crippen molar-refractivity contribution in [1.82, 2.24) is 14.5 Å². The molecule has 0 fully saturated rings. The van der Waals surface area contributed by atoms with Crippen LogP contribution in [-0.2, 0) is 30.5 Å². The molecule has 31 heavy (non-hydrogen) atoms. The lowest BCUT2D eigenvalue weighted by molar-refractivity contribution is -0.116. The molecule has 1 aromatic carbocycles. The highest BCUT2D eigenvalue weighted by molar-refractivity contribution is 7.99. The SMILES string of the molecule is O=C(CC1CSc2nc3c(c(=O)n21)CCC3)Nc1ccc2c3c(c(=O)[nH]c2c1)CCC3. The minimum absolute atomic E-state index is 0.0254. The Bertz CT molecular complexity index is 1370. The minimum atomic E-state index is -0.186. The number of aromatic nitrogens is 3. The molecule has 0 saturated heterocycles. The third-order valence-corrected chi connectivity index (χ3v) is 7.76. The third kappa shape index (κ3) is 3.04. The first-order valence-corrected chi connectivity index (χ1v) is 11.8. The van der Waals surface area contributed by atoms with Crippen molar-refractivity contribution in [2.24, 2.45) is 0 Å². The van der Waals surface area contributed by atoms with Crippen LogP contribution in [0, 0.1) is 0 Å². The van der Waals surface area contributed by atoms with Crippen molar-refractivity contribution in [1.29, 1.82) is 0 Å². The van der Waals surface area contributed by atoms with Gasteiger partial charge in [0.1, 0.15) is 0 Å². The Balaban J connectivity index is 1.24. The molecular formula is C23H22N4O3S. The topological polar surface area (TPSA) is 96.8 Å². The molecule has 3 aromatic rings. The minimum Gasteiger partial charge on any atom is -0.326 e. The van der Waals surface area contributed by atoms with Crippen molar-refractivity contribution >= 4 is 34.3 Å². The Morgan fingerprint density at radius 3 is 2.84 bits per heavy atom. The van der Waals surface area contributed by atoms with Gasteiger partial charge in [-0.25, -0.2) is 4.98 Å². The van der Waals surface area contributed by atoms with Crippen molar-refractivity contribution < 1.29 is 4.79 Å². The molecule has 3 heterocycles. The maximum absolute atomic E-state index is 12.9. The zero-order valence-corrected chi connectivity index (χ0v) is 17.8. The Kier molecular flexibility index (Phi) is 4.31. The molecule has 2 N–H and O–H groups in total. The summed E-state index contributed by atoms with van der Waals surface area (Å²) in [6.07, 6.45) is 5.61. The smallest absolute Gasteiger partial charge is 0.257 e. The molecule has 7 nitrogen and oxygen atoms in total. The summed E-state index contributed by atoms with van der Waals surface area (Å²) in [5, 5.41) is 4.73. The first-order chi connectivity index (χ1) is 15.1. The first kappa shape index (κ1) is 18.9. The molecule has 2 aliphatic carbocycles. The van der Waals surface area contributed by atoms with Crippen LogP contribution in [0.5, 0.6) is 0 Å². The molecule has 1 unspecified atom stereocenters. The molecule has 0 spiro atoms. The van der Waals surface area contributed by atoms with Crippen molar-refractivity contribution in [2.75, 3.05) is 11.1 Å². The van der Waals surface area contributed by atoms with Crippen molar-refractivity contribution in [3.63, 3.8) is 0 Å². The number of benzene rings is 1. The van der Waals surface area contributed by atoms with Crippen LogP contribution in [0.1, 0.15) is 47.7 Å². The van der Waals surface area contributed by atoms with Gasteiger partial charge < -0.3 is 10.3 Å². The van der Waals surface area contributed by atoms with Gasteiger partial charge in [-0.15, -0.1) is 0 Å². The van der Waals surface area contributed by atoms with Gasteiger partial charge in [0.15, 0.2) is 5.16 Å². The zero-order valence-electron chi connectivity index (χ0n) is 17.0. The lowest BCUT2D eigenvalue weighted by Crippen LogP contribution is -2.30. The fourth-order valence-electron chi connectivity index (χ4n) is 5.21. The molecule has 8 heteroatoms. The maximum Gasteiger partial charge on any atom is 0.257 e. The van der Waals surface area contributed by atoms with E-state index in [1.807, 2.05) is 18.2 Å². The van der Waals surface area contributed by atoms with Gasteiger partial charge in [0.05, 0.1) is 17.3 Å². The van der Waals surface area contributed by atoms with Crippen LogP contribution in [-0.4, -0.2) is 26.2 Å². The molecular weight excluding hydrogens is 412 g/mol. The Morgan fingerprint density at radius 1 is 1.13 bits per heavy atom. The predicted octanol–water partition coefficient (Wildman–Crippen LogP) is 2.74. The Morgan fingerprint density at radius 2 is 1.94 bits per heavy atom. The molecule has 0 saturated carbocycles. The number of rotatable bonds is 3. The number of nitrogens with one attached hydrogen (secondary N) is 2. The number of anilines is 1. The summed E-state index contributed by atoms with van der Waals surface area (Å²) < 4.78 is 1.72. The van der Waals surface area contributed by atoms with E-state index < -0.39 is 0 Å². The molecule has 0 radical (unpaired) electrons. The van der Waals surface area contributed by atoms with Crippen LogP contribution in [0.25, 0.3) is 10.9 Å². The van der Waals surface area contributed by atoms with E-state index in [9.17, 15) is 14.4 Å². The second-order valence-electron chi connectivity index (χ2n) is 8.59. The number of aryl methyl sites for hydroxylation is 2. The summed E-state index contributed by atoms with van der Waals surface area (Å²) in [5.74, 6) is 0.532. The number of H-pyrrole nitrogens is 1. The lowest BCUT2D eigenvalue weighted by Gasteiger charge is -2.15. The number of aromatic amines is 1. The highest BCUT2D eigenvalue weighted by Crippen LogP contribution is 2.34. The number of fused-ring (bicyclic) bond motifs is 5. The molecule has 1 aliphatic heterocycles. The number of thioether (sulfide) groups is 1. The van der Waals surface area contributed by atoms with Crippen molar-refractivity contribution in [3.8, 4) is 0 Å². The summed E-state index contributed by atoms with van der Waals surface area (Å²) in [4.78, 5) is 45.7. The molecule has 158 valence electrons. The van der Waals surface area contributed by atoms with Gasteiger partial charge in [-0.3, -0.25) is 19.0 Å². The number of carbonyl (C=O) groups excluding carboxylic acids is 1. The number of hydrogen-bond acceptors (Lipinski definition) is 5. The number of carbonyl (C=O) groups is 1. The third-order valence-electron chi connectivity index (χ3n) is 6.66. The average molecular weight is 435 g/mol. The summed E-state index contributed by atoms with van der Waals surface area (Å²) in [6.45, 7) is 0. The molecule has 3 aliphatic rings. The van der Waals surface area contributed by atoms with Gasteiger partial charge in [-0.2, -0.15) is 0 Å². The lowest BCUT2D eigenvalue weighted by atomic mass is 10.1. The van der Waals surface area contributed by atoms with Crippen molar-refractivity contribution in [2.45, 2.75) is 56.1 Å². The van der Waals surface area contributed by atoms with Crippen LogP contribution in [0.3, 0.4) is 0 Å². The summed E-state index contributed by atoms with van der Waals surface area (Å²) in [5.41, 5.74) is 5.19. The van der Waals surface area contributed by atoms with E-state index in [1.54, 1.807) is 16.3 Å². The molecule has 2 aromatic heterocycles. The number of amides is 1. The number of hydrogen-bond donors (Lipinski definition) is 2. The van der Waals surface area contributed by atoms with E-state index in [4.69, 9.17) is 0 Å². The zero-order chi connectivity index (χ0) is 21.1. The van der Waals surface area contributed by atoms with E-state index in [-0.39, 0.29) is 29.5 Å². The fourth-order valence-corrected chi connectivity index (χ4v) is 6.36. The van der Waals surface area contributed by atoms with Crippen LogP contribution in [0.2, 0.25) is 0 Å². The van der Waals surface area contributed by atoms with E-state index in [0.717, 1.165) is 77.0 Å². The Labute approximate surface area is 182 Å². The number of pyridine rings is 1. The van der Waals surface area contributed by atoms with Gasteiger partial charge in [-0.05, 0) is 56.2 Å². The highest BCUT2D eigenvalue weighted by Gasteiger charge is 2.31. The average Bonchev–Trinajstić information content (AvgIpc) is 3.48. The van der Waals surface area contributed by atoms with E-state index in [0.29, 0.717) is 11.4 Å². The second-order valence-corrected chi connectivity index (χ2v) is 9.58. The molecule has 6 rings (SSSR count). The largest absolute Gasteiger partial charge is 0.326 e. The summed E-state index contributed by atoms with van der Waals surface area (Å²) >= 11 is 1.55. The first-order valence-electron chi connectivity index (χ1n) is 10.8. The van der Waals surface area contributed by atoms with Crippen molar-refractivity contribution in [3.05, 3.63) is 61.3 Å². The van der Waals surface area contributed by atoms with Gasteiger partial charge in [0.25, 0.3) is 11.1 Å². The van der Waals surface area contributed by atoms with Gasteiger partial charge in [0, 0.05) is 34.4 Å². The van der Waals surface area contributed by atoms with Crippen LogP contribution in [0.4, 0.5) is 5.69 Å². The Hall–Kier alpha value is -2.87.